The summed E-state index contributed by atoms with van der Waals surface area (Å²) in [6.07, 6.45) is 5.21. The molecule has 0 aromatic carbocycles. The number of likely N-dealkylation sites (tertiary alicyclic amines) is 1. The van der Waals surface area contributed by atoms with Gasteiger partial charge in [-0.3, -0.25) is 4.90 Å². The van der Waals surface area contributed by atoms with Crippen LogP contribution in [0.15, 0.2) is 43.7 Å². The molecule has 0 aliphatic carbocycles. The molecule has 3 aromatic heterocycles. The molecule has 0 unspecified atom stereocenters. The fourth-order valence-corrected chi connectivity index (χ4v) is 3.95. The molecule has 0 spiro atoms. The number of piperidine rings is 1. The molecule has 0 N–H and O–H groups in total. The molecular weight excluding hydrogens is 338 g/mol. The minimum absolute atomic E-state index is 0.297. The molecule has 1 fully saturated rings. The van der Waals surface area contributed by atoms with Crippen molar-refractivity contribution in [3.8, 4) is 0 Å². The molecule has 132 valence electrons. The molecule has 25 heavy (non-hydrogen) atoms. The topological polar surface area (TPSA) is 73.1 Å². The second-order valence-corrected chi connectivity index (χ2v) is 7.36. The van der Waals surface area contributed by atoms with Crippen molar-refractivity contribution in [2.24, 2.45) is 7.05 Å². The Bertz CT molecular complexity index is 840. The van der Waals surface area contributed by atoms with Gasteiger partial charge in [-0.15, -0.1) is 10.2 Å². The third kappa shape index (κ3) is 3.64. The highest BCUT2D eigenvalue weighted by Gasteiger charge is 2.27. The Hall–Kier alpha value is -2.06. The maximum Gasteiger partial charge on any atom is 0.198 e. The molecular formula is C17H21N5O2S. The minimum atomic E-state index is 0.297. The number of furan rings is 1. The van der Waals surface area contributed by atoms with Crippen LogP contribution < -0.4 is 0 Å². The average molecular weight is 359 g/mol. The maximum atomic E-state index is 6.00. The van der Waals surface area contributed by atoms with Crippen LogP contribution >= 0.6 is 11.8 Å². The van der Waals surface area contributed by atoms with Crippen LogP contribution in [0.25, 0.3) is 0 Å². The summed E-state index contributed by atoms with van der Waals surface area (Å²) in [5.41, 5.74) is 1.03. The van der Waals surface area contributed by atoms with Crippen LogP contribution in [-0.4, -0.2) is 31.4 Å². The Balaban J connectivity index is 1.46. The van der Waals surface area contributed by atoms with E-state index in [9.17, 15) is 0 Å². The van der Waals surface area contributed by atoms with Crippen molar-refractivity contribution < 1.29 is 8.94 Å². The van der Waals surface area contributed by atoms with Gasteiger partial charge in [0.2, 0.25) is 0 Å². The quantitative estimate of drug-likeness (QED) is 0.689. The maximum absolute atomic E-state index is 6.00. The number of aryl methyl sites for hydroxylation is 2. The van der Waals surface area contributed by atoms with Gasteiger partial charge in [0.15, 0.2) is 10.2 Å². The number of hydrogen-bond acceptors (Lipinski definition) is 7. The van der Waals surface area contributed by atoms with Crippen molar-refractivity contribution >= 4 is 11.8 Å². The van der Waals surface area contributed by atoms with Gasteiger partial charge in [-0.2, -0.15) is 0 Å². The summed E-state index contributed by atoms with van der Waals surface area (Å²) in [5.74, 6) is 1.82. The average Bonchev–Trinajstić information content (AvgIpc) is 3.32. The van der Waals surface area contributed by atoms with Crippen molar-refractivity contribution in [2.45, 2.75) is 49.0 Å². The Labute approximate surface area is 150 Å². The highest BCUT2D eigenvalue weighted by atomic mass is 32.2. The molecule has 7 nitrogen and oxygen atoms in total. The van der Waals surface area contributed by atoms with E-state index in [0.29, 0.717) is 6.04 Å². The van der Waals surface area contributed by atoms with Crippen molar-refractivity contribution in [3.63, 3.8) is 0 Å². The van der Waals surface area contributed by atoms with E-state index in [1.54, 1.807) is 6.33 Å². The summed E-state index contributed by atoms with van der Waals surface area (Å²) >= 11 is 1.48. The summed E-state index contributed by atoms with van der Waals surface area (Å²) in [4.78, 5) is 2.43. The molecule has 4 rings (SSSR count). The Morgan fingerprint density at radius 3 is 3.00 bits per heavy atom. The van der Waals surface area contributed by atoms with Gasteiger partial charge in [-0.25, -0.2) is 0 Å². The molecule has 1 aliphatic rings. The van der Waals surface area contributed by atoms with Gasteiger partial charge in [0.05, 0.1) is 12.6 Å². The molecule has 0 amide bonds. The fraction of sp³-hybridized carbons (Fsp3) is 0.471. The van der Waals surface area contributed by atoms with Crippen LogP contribution in [0.1, 0.15) is 42.5 Å². The highest BCUT2D eigenvalue weighted by molar-refractivity contribution is 7.99. The molecule has 0 bridgehead atoms. The van der Waals surface area contributed by atoms with Gasteiger partial charge in [0.1, 0.15) is 23.5 Å². The first-order valence-corrected chi connectivity index (χ1v) is 9.28. The van der Waals surface area contributed by atoms with Gasteiger partial charge in [-0.05, 0) is 50.2 Å². The number of aromatic nitrogens is 4. The minimum Gasteiger partial charge on any atom is -0.453 e. The molecule has 8 heteroatoms. The largest absolute Gasteiger partial charge is 0.453 e. The van der Waals surface area contributed by atoms with E-state index in [4.69, 9.17) is 8.94 Å². The Morgan fingerprint density at radius 2 is 2.24 bits per heavy atom. The standard InChI is InChI=1S/C17H21N5O2S/c1-12-9-14(20-24-12)15-5-3-4-8-22(15)10-13-6-7-16(23-13)25-17-19-18-11-21(17)2/h6-7,9,11,15H,3-5,8,10H2,1-2H3/t15-/m1/s1. The summed E-state index contributed by atoms with van der Waals surface area (Å²) in [5, 5.41) is 13.8. The zero-order chi connectivity index (χ0) is 17.2. The second-order valence-electron chi connectivity index (χ2n) is 6.39. The van der Waals surface area contributed by atoms with Gasteiger partial charge in [0, 0.05) is 13.1 Å². The van der Waals surface area contributed by atoms with E-state index >= 15 is 0 Å². The predicted molar refractivity (Wildman–Crippen MR) is 92.1 cm³/mol. The van der Waals surface area contributed by atoms with Gasteiger partial charge in [0.25, 0.3) is 0 Å². The van der Waals surface area contributed by atoms with Crippen molar-refractivity contribution in [1.29, 1.82) is 0 Å². The third-order valence-corrected chi connectivity index (χ3v) is 5.43. The molecule has 1 atom stereocenters. The van der Waals surface area contributed by atoms with Crippen LogP contribution in [0, 0.1) is 6.92 Å². The van der Waals surface area contributed by atoms with Gasteiger partial charge in [-0.1, -0.05) is 11.6 Å². The first kappa shape index (κ1) is 16.4. The molecule has 1 aliphatic heterocycles. The van der Waals surface area contributed by atoms with Crippen LogP contribution in [0.4, 0.5) is 0 Å². The summed E-state index contributed by atoms with van der Waals surface area (Å²) in [6, 6.07) is 6.37. The number of nitrogens with zero attached hydrogens (tertiary/aromatic N) is 5. The smallest absolute Gasteiger partial charge is 0.198 e. The van der Waals surface area contributed by atoms with E-state index in [1.807, 2.05) is 36.7 Å². The van der Waals surface area contributed by atoms with E-state index in [1.165, 1.54) is 24.6 Å². The molecule has 4 heterocycles. The lowest BCUT2D eigenvalue weighted by atomic mass is 9.99. The van der Waals surface area contributed by atoms with E-state index in [0.717, 1.165) is 47.0 Å². The highest BCUT2D eigenvalue weighted by Crippen LogP contribution is 2.33. The first-order chi connectivity index (χ1) is 12.2. The van der Waals surface area contributed by atoms with Crippen molar-refractivity contribution in [3.05, 3.63) is 41.7 Å². The fourth-order valence-electron chi connectivity index (χ4n) is 3.21. The summed E-state index contributed by atoms with van der Waals surface area (Å²) in [6.45, 7) is 3.76. The van der Waals surface area contributed by atoms with Crippen molar-refractivity contribution in [2.75, 3.05) is 6.54 Å². The lowest BCUT2D eigenvalue weighted by Gasteiger charge is -2.33. The van der Waals surface area contributed by atoms with Crippen molar-refractivity contribution in [1.82, 2.24) is 24.8 Å². The van der Waals surface area contributed by atoms with E-state index in [2.05, 4.69) is 20.3 Å². The van der Waals surface area contributed by atoms with Crippen LogP contribution in [-0.2, 0) is 13.6 Å². The molecule has 0 saturated carbocycles. The number of hydrogen-bond donors (Lipinski definition) is 0. The zero-order valence-electron chi connectivity index (χ0n) is 14.4. The monoisotopic (exact) mass is 359 g/mol. The normalized spacial score (nSPS) is 18.7. The Kier molecular flexibility index (Phi) is 4.63. The predicted octanol–water partition coefficient (Wildman–Crippen LogP) is 3.58. The second kappa shape index (κ2) is 7.05. The third-order valence-electron chi connectivity index (χ3n) is 4.46. The SMILES string of the molecule is Cc1cc([C@H]2CCCCN2Cc2ccc(Sc3nncn3C)o2)no1. The lowest BCUT2D eigenvalue weighted by molar-refractivity contribution is 0.122. The summed E-state index contributed by atoms with van der Waals surface area (Å²) < 4.78 is 13.1. The molecule has 0 radical (unpaired) electrons. The van der Waals surface area contributed by atoms with E-state index in [-0.39, 0.29) is 0 Å². The zero-order valence-corrected chi connectivity index (χ0v) is 15.2. The molecule has 1 saturated heterocycles. The van der Waals surface area contributed by atoms with Gasteiger partial charge >= 0.3 is 0 Å². The first-order valence-electron chi connectivity index (χ1n) is 8.47. The number of rotatable bonds is 5. The van der Waals surface area contributed by atoms with Crippen LogP contribution in [0.5, 0.6) is 0 Å². The van der Waals surface area contributed by atoms with Crippen LogP contribution in [0.2, 0.25) is 0 Å². The molecule has 3 aromatic rings. The Morgan fingerprint density at radius 1 is 1.32 bits per heavy atom. The van der Waals surface area contributed by atoms with E-state index < -0.39 is 0 Å². The van der Waals surface area contributed by atoms with Crippen LogP contribution in [0.3, 0.4) is 0 Å². The van der Waals surface area contributed by atoms with Gasteiger partial charge < -0.3 is 13.5 Å². The lowest BCUT2D eigenvalue weighted by Crippen LogP contribution is -2.33. The summed E-state index contributed by atoms with van der Waals surface area (Å²) in [7, 11) is 1.92.